The summed E-state index contributed by atoms with van der Waals surface area (Å²) < 4.78 is 40.5. The number of aromatic nitrogens is 2. The molecule has 0 aliphatic rings. The zero-order valence-electron chi connectivity index (χ0n) is 10.4. The van der Waals surface area contributed by atoms with Crippen molar-refractivity contribution in [1.29, 1.82) is 0 Å². The van der Waals surface area contributed by atoms with Gasteiger partial charge < -0.3 is 5.73 Å². The maximum Gasteiger partial charge on any atom is 0.416 e. The Morgan fingerprint density at radius 2 is 2.00 bits per heavy atom. The van der Waals surface area contributed by atoms with Gasteiger partial charge in [0.15, 0.2) is 0 Å². The van der Waals surface area contributed by atoms with E-state index in [4.69, 9.17) is 5.73 Å². The van der Waals surface area contributed by atoms with E-state index in [2.05, 4.69) is 5.10 Å². The third kappa shape index (κ3) is 2.03. The maximum absolute atomic E-state index is 12.7. The molecular weight excluding hydrogens is 287 g/mol. The van der Waals surface area contributed by atoms with Crippen molar-refractivity contribution in [3.63, 3.8) is 0 Å². The molecule has 0 fully saturated rings. The maximum atomic E-state index is 12.7. The Balaban J connectivity index is 2.17. The molecule has 3 aromatic rings. The van der Waals surface area contributed by atoms with E-state index in [0.29, 0.717) is 11.1 Å². The van der Waals surface area contributed by atoms with Crippen LogP contribution in [0.3, 0.4) is 0 Å². The number of thiophene rings is 1. The first-order valence-electron chi connectivity index (χ1n) is 5.75. The summed E-state index contributed by atoms with van der Waals surface area (Å²) >= 11 is 1.39. The van der Waals surface area contributed by atoms with Crippen LogP contribution >= 0.6 is 11.3 Å². The molecule has 0 amide bonds. The fraction of sp³-hybridized carbons (Fsp3) is 0.154. The number of alkyl halides is 3. The summed E-state index contributed by atoms with van der Waals surface area (Å²) in [5.74, 6) is 0. The van der Waals surface area contributed by atoms with Gasteiger partial charge in [-0.25, -0.2) is 0 Å². The van der Waals surface area contributed by atoms with Crippen molar-refractivity contribution in [1.82, 2.24) is 9.78 Å². The van der Waals surface area contributed by atoms with E-state index in [-0.39, 0.29) is 0 Å². The van der Waals surface area contributed by atoms with Crippen LogP contribution in [0.15, 0.2) is 30.5 Å². The van der Waals surface area contributed by atoms with E-state index in [9.17, 15) is 13.2 Å². The topological polar surface area (TPSA) is 43.8 Å². The minimum absolute atomic E-state index is 0.509. The molecule has 0 aliphatic heterocycles. The minimum atomic E-state index is -4.33. The molecule has 3 nitrogen and oxygen atoms in total. The Kier molecular flexibility index (Phi) is 2.75. The Labute approximate surface area is 116 Å². The molecule has 0 unspecified atom stereocenters. The number of aryl methyl sites for hydroxylation is 1. The van der Waals surface area contributed by atoms with Gasteiger partial charge in [0.25, 0.3) is 0 Å². The van der Waals surface area contributed by atoms with Crippen molar-refractivity contribution >= 4 is 27.1 Å². The molecule has 3 rings (SSSR count). The number of fused-ring (bicyclic) bond motifs is 1. The van der Waals surface area contributed by atoms with Crippen molar-refractivity contribution in [2.45, 2.75) is 6.18 Å². The van der Waals surface area contributed by atoms with Crippen LogP contribution in [0.2, 0.25) is 0 Å². The fourth-order valence-corrected chi connectivity index (χ4v) is 3.23. The van der Waals surface area contributed by atoms with E-state index in [1.54, 1.807) is 17.8 Å². The van der Waals surface area contributed by atoms with Crippen LogP contribution in [-0.2, 0) is 13.2 Å². The second kappa shape index (κ2) is 4.24. The second-order valence-corrected chi connectivity index (χ2v) is 5.52. The molecule has 0 bridgehead atoms. The first-order valence-corrected chi connectivity index (χ1v) is 6.56. The average Bonchev–Trinajstić information content (AvgIpc) is 2.90. The highest BCUT2D eigenvalue weighted by molar-refractivity contribution is 7.22. The molecule has 0 aliphatic carbocycles. The number of hydrogen-bond acceptors (Lipinski definition) is 3. The highest BCUT2D eigenvalue weighted by Gasteiger charge is 2.30. The molecule has 0 atom stereocenters. The second-order valence-electron chi connectivity index (χ2n) is 4.43. The van der Waals surface area contributed by atoms with Crippen LogP contribution in [-0.4, -0.2) is 9.78 Å². The van der Waals surface area contributed by atoms with Gasteiger partial charge in [0.05, 0.1) is 22.3 Å². The molecule has 0 saturated heterocycles. The summed E-state index contributed by atoms with van der Waals surface area (Å²) in [7, 11) is 1.75. The predicted octanol–water partition coefficient (Wildman–Crippen LogP) is 3.90. The van der Waals surface area contributed by atoms with Gasteiger partial charge in [-0.2, -0.15) is 18.3 Å². The lowest BCUT2D eigenvalue weighted by Gasteiger charge is -2.05. The van der Waals surface area contributed by atoms with Crippen LogP contribution < -0.4 is 5.73 Å². The van der Waals surface area contributed by atoms with E-state index >= 15 is 0 Å². The summed E-state index contributed by atoms with van der Waals surface area (Å²) in [5.41, 5.74) is 6.42. The Hall–Kier alpha value is -2.02. The molecule has 2 N–H and O–H groups in total. The number of rotatable bonds is 1. The lowest BCUT2D eigenvalue weighted by Crippen LogP contribution is -2.03. The van der Waals surface area contributed by atoms with Gasteiger partial charge in [0, 0.05) is 11.7 Å². The van der Waals surface area contributed by atoms with Crippen molar-refractivity contribution in [3.05, 3.63) is 36.0 Å². The lowest BCUT2D eigenvalue weighted by molar-refractivity contribution is -0.137. The van der Waals surface area contributed by atoms with Crippen molar-refractivity contribution in [2.75, 3.05) is 5.73 Å². The van der Waals surface area contributed by atoms with Crippen LogP contribution in [0.1, 0.15) is 5.56 Å². The zero-order valence-corrected chi connectivity index (χ0v) is 11.2. The van der Waals surface area contributed by atoms with Crippen molar-refractivity contribution < 1.29 is 13.2 Å². The molecule has 7 heteroatoms. The van der Waals surface area contributed by atoms with Gasteiger partial charge in [-0.3, -0.25) is 4.68 Å². The van der Waals surface area contributed by atoms with Crippen molar-refractivity contribution in [3.8, 4) is 10.6 Å². The number of nitrogens with zero attached hydrogens (tertiary/aromatic N) is 2. The van der Waals surface area contributed by atoms with Crippen LogP contribution in [0.5, 0.6) is 0 Å². The minimum Gasteiger partial charge on any atom is -0.396 e. The summed E-state index contributed by atoms with van der Waals surface area (Å²) in [5, 5.41) is 4.59. The Morgan fingerprint density at radius 1 is 1.25 bits per heavy atom. The van der Waals surface area contributed by atoms with E-state index < -0.39 is 11.7 Å². The molecule has 2 heterocycles. The van der Waals surface area contributed by atoms with Crippen molar-refractivity contribution in [2.24, 2.45) is 7.05 Å². The highest BCUT2D eigenvalue weighted by Crippen LogP contribution is 2.38. The van der Waals surface area contributed by atoms with Crippen LogP contribution in [0.25, 0.3) is 20.7 Å². The molecule has 0 saturated carbocycles. The standard InChI is InChI=1S/C13H10F3N3S/c1-19-12(9(17)6-18-19)11-5-7-4-8(13(14,15)16)2-3-10(7)20-11/h2-6H,17H2,1H3. The molecular formula is C13H10F3N3S. The average molecular weight is 297 g/mol. The number of nitrogens with two attached hydrogens (primary N) is 1. The Bertz CT molecular complexity index is 766. The van der Waals surface area contributed by atoms with E-state index in [1.165, 1.54) is 23.6 Å². The van der Waals surface area contributed by atoms with E-state index in [1.807, 2.05) is 0 Å². The predicted molar refractivity (Wildman–Crippen MR) is 73.4 cm³/mol. The smallest absolute Gasteiger partial charge is 0.396 e. The normalized spacial score (nSPS) is 12.2. The summed E-state index contributed by atoms with van der Waals surface area (Å²) in [6.07, 6.45) is -2.80. The first kappa shape index (κ1) is 13.0. The third-order valence-electron chi connectivity index (χ3n) is 3.04. The Morgan fingerprint density at radius 3 is 2.60 bits per heavy atom. The summed E-state index contributed by atoms with van der Waals surface area (Å²) in [4.78, 5) is 0.803. The summed E-state index contributed by atoms with van der Waals surface area (Å²) in [6.45, 7) is 0. The lowest BCUT2D eigenvalue weighted by atomic mass is 10.1. The fourth-order valence-electron chi connectivity index (χ4n) is 2.09. The van der Waals surface area contributed by atoms with Gasteiger partial charge in [0.1, 0.15) is 5.69 Å². The zero-order chi connectivity index (χ0) is 14.5. The number of hydrogen-bond donors (Lipinski definition) is 1. The third-order valence-corrected chi connectivity index (χ3v) is 4.17. The molecule has 2 aromatic heterocycles. The monoisotopic (exact) mass is 297 g/mol. The van der Waals surface area contributed by atoms with Crippen LogP contribution in [0.4, 0.5) is 18.9 Å². The number of halogens is 3. The highest BCUT2D eigenvalue weighted by atomic mass is 32.1. The molecule has 0 spiro atoms. The molecule has 20 heavy (non-hydrogen) atoms. The first-order chi connectivity index (χ1) is 9.36. The largest absolute Gasteiger partial charge is 0.416 e. The SMILES string of the molecule is Cn1ncc(N)c1-c1cc2cc(C(F)(F)F)ccc2s1. The van der Waals surface area contributed by atoms with Gasteiger partial charge >= 0.3 is 6.18 Å². The molecule has 0 radical (unpaired) electrons. The van der Waals surface area contributed by atoms with Gasteiger partial charge in [-0.1, -0.05) is 0 Å². The van der Waals surface area contributed by atoms with Gasteiger partial charge in [0.2, 0.25) is 0 Å². The van der Waals surface area contributed by atoms with E-state index in [0.717, 1.165) is 27.4 Å². The number of benzene rings is 1. The quantitative estimate of drug-likeness (QED) is 0.740. The number of nitrogen functional groups attached to an aromatic ring is 1. The van der Waals surface area contributed by atoms with Gasteiger partial charge in [-0.05, 0) is 29.7 Å². The molecule has 104 valence electrons. The van der Waals surface area contributed by atoms with Crippen LogP contribution in [0, 0.1) is 0 Å². The summed E-state index contributed by atoms with van der Waals surface area (Å²) in [6, 6.07) is 5.44. The number of anilines is 1. The molecule has 1 aromatic carbocycles. The van der Waals surface area contributed by atoms with Gasteiger partial charge in [-0.15, -0.1) is 11.3 Å².